The quantitative estimate of drug-likeness (QED) is 0.146. The van der Waals surface area contributed by atoms with Gasteiger partial charge in [-0.25, -0.2) is 17.2 Å². The fourth-order valence-corrected chi connectivity index (χ4v) is 5.39. The van der Waals surface area contributed by atoms with Crippen LogP contribution >= 0.6 is 0 Å². The van der Waals surface area contributed by atoms with E-state index in [1.807, 2.05) is 59.5 Å². The second-order valence-corrected chi connectivity index (χ2v) is 12.2. The number of benzene rings is 4. The van der Waals surface area contributed by atoms with Gasteiger partial charge in [-0.15, -0.1) is 0 Å². The average Bonchev–Trinajstić information content (AvgIpc) is 2.96. The van der Waals surface area contributed by atoms with Gasteiger partial charge in [0.15, 0.2) is 0 Å². The molecule has 0 aromatic heterocycles. The van der Waals surface area contributed by atoms with Gasteiger partial charge in [-0.1, -0.05) is 36.4 Å². The van der Waals surface area contributed by atoms with Crippen molar-refractivity contribution in [2.75, 3.05) is 22.5 Å². The van der Waals surface area contributed by atoms with Gasteiger partial charge in [0.2, 0.25) is 10.0 Å². The highest BCUT2D eigenvalue weighted by Crippen LogP contribution is 2.31. The number of hydrogen-bond acceptors (Lipinski definition) is 6. The average molecular weight is 623 g/mol. The number of ether oxygens (including phenoxy) is 2. The number of carbonyl (C=O) groups is 1. The molecule has 0 radical (unpaired) electrons. The Balaban J connectivity index is 1.48. The van der Waals surface area contributed by atoms with Crippen molar-refractivity contribution < 1.29 is 31.5 Å². The predicted octanol–water partition coefficient (Wildman–Crippen LogP) is 7.53. The molecule has 0 saturated heterocycles. The molecule has 4 rings (SSSR count). The van der Waals surface area contributed by atoms with E-state index in [0.717, 1.165) is 29.9 Å². The molecule has 0 unspecified atom stereocenters. The summed E-state index contributed by atoms with van der Waals surface area (Å²) in [7, 11) is -3.52. The zero-order valence-electron chi connectivity index (χ0n) is 25.0. The highest BCUT2D eigenvalue weighted by atomic mass is 32.2. The number of esters is 1. The molecule has 232 valence electrons. The number of nitrogens with one attached hydrogen (secondary N) is 1. The Morgan fingerprint density at radius 2 is 1.55 bits per heavy atom. The van der Waals surface area contributed by atoms with Crippen LogP contribution in [0.1, 0.15) is 42.0 Å². The van der Waals surface area contributed by atoms with Crippen LogP contribution in [0.5, 0.6) is 11.5 Å². The second-order valence-electron chi connectivity index (χ2n) is 10.5. The molecule has 0 saturated carbocycles. The molecule has 0 heterocycles. The van der Waals surface area contributed by atoms with E-state index in [-0.39, 0.29) is 12.5 Å². The van der Waals surface area contributed by atoms with Crippen molar-refractivity contribution >= 4 is 27.4 Å². The maximum absolute atomic E-state index is 14.7. The van der Waals surface area contributed by atoms with Crippen LogP contribution in [0.3, 0.4) is 0 Å². The molecule has 0 aliphatic carbocycles. The summed E-state index contributed by atoms with van der Waals surface area (Å²) < 4.78 is 65.6. The molecule has 0 bridgehead atoms. The van der Waals surface area contributed by atoms with Crippen LogP contribution in [-0.4, -0.2) is 27.2 Å². The molecule has 0 aliphatic heterocycles. The second kappa shape index (κ2) is 14.8. The van der Waals surface area contributed by atoms with Gasteiger partial charge >= 0.3 is 5.97 Å². The number of hydrogen-bond donors (Lipinski definition) is 1. The minimum Gasteiger partial charge on any atom is -0.466 e. The van der Waals surface area contributed by atoms with E-state index in [9.17, 15) is 22.0 Å². The summed E-state index contributed by atoms with van der Waals surface area (Å²) in [6, 6.07) is 23.9. The monoisotopic (exact) mass is 622 g/mol. The molecule has 0 amide bonds. The van der Waals surface area contributed by atoms with Gasteiger partial charge in [0, 0.05) is 36.8 Å². The number of sulfonamides is 1. The minimum atomic E-state index is -3.52. The van der Waals surface area contributed by atoms with Gasteiger partial charge in [0.25, 0.3) is 0 Å². The van der Waals surface area contributed by atoms with Crippen molar-refractivity contribution in [2.45, 2.75) is 46.2 Å². The van der Waals surface area contributed by atoms with Gasteiger partial charge in [-0.2, -0.15) is 0 Å². The minimum absolute atomic E-state index is 0.125. The first-order valence-electron chi connectivity index (χ1n) is 14.3. The first-order chi connectivity index (χ1) is 21.0. The largest absolute Gasteiger partial charge is 0.466 e. The van der Waals surface area contributed by atoms with Crippen LogP contribution in [0.15, 0.2) is 84.9 Å². The van der Waals surface area contributed by atoms with Crippen molar-refractivity contribution in [3.63, 3.8) is 0 Å². The van der Waals surface area contributed by atoms with Crippen LogP contribution < -0.4 is 14.4 Å². The first-order valence-corrected chi connectivity index (χ1v) is 16.2. The summed E-state index contributed by atoms with van der Waals surface area (Å²) in [5.74, 6) is -0.199. The van der Waals surface area contributed by atoms with Crippen molar-refractivity contribution in [1.29, 1.82) is 0 Å². The molecule has 10 heteroatoms. The number of nitrogens with zero attached hydrogens (tertiary/aromatic N) is 1. The molecule has 0 fully saturated rings. The number of aryl methyl sites for hydroxylation is 1. The van der Waals surface area contributed by atoms with Crippen LogP contribution in [0.25, 0.3) is 0 Å². The maximum atomic E-state index is 14.7. The topological polar surface area (TPSA) is 84.9 Å². The highest BCUT2D eigenvalue weighted by molar-refractivity contribution is 7.92. The number of halogens is 2. The van der Waals surface area contributed by atoms with E-state index in [1.54, 1.807) is 26.0 Å². The summed E-state index contributed by atoms with van der Waals surface area (Å²) in [5, 5.41) is 0. The zero-order valence-corrected chi connectivity index (χ0v) is 25.8. The molecule has 0 aliphatic rings. The summed E-state index contributed by atoms with van der Waals surface area (Å²) in [5.41, 5.74) is 4.09. The van der Waals surface area contributed by atoms with Crippen LogP contribution in [0, 0.1) is 18.6 Å². The molecular formula is C34H36F2N2O5S. The molecule has 44 heavy (non-hydrogen) atoms. The molecule has 0 spiro atoms. The molecular weight excluding hydrogens is 586 g/mol. The van der Waals surface area contributed by atoms with Crippen LogP contribution in [-0.2, 0) is 39.1 Å². The summed E-state index contributed by atoms with van der Waals surface area (Å²) in [4.78, 5) is 13.4. The number of carbonyl (C=O) groups excluding carboxylic acids is 1. The third-order valence-electron chi connectivity index (χ3n) is 6.93. The fraction of sp³-hybridized carbons (Fsp3) is 0.265. The fourth-order valence-electron chi connectivity index (χ4n) is 4.77. The molecule has 4 aromatic carbocycles. The van der Waals surface area contributed by atoms with Gasteiger partial charge in [0.1, 0.15) is 23.1 Å². The van der Waals surface area contributed by atoms with Crippen molar-refractivity contribution in [1.82, 2.24) is 0 Å². The van der Waals surface area contributed by atoms with E-state index < -0.39 is 21.7 Å². The first kappa shape index (κ1) is 32.5. The lowest BCUT2D eigenvalue weighted by molar-refractivity contribution is -0.143. The Hall–Kier alpha value is -4.44. The lowest BCUT2D eigenvalue weighted by Crippen LogP contribution is -2.24. The lowest BCUT2D eigenvalue weighted by atomic mass is 10.1. The zero-order chi connectivity index (χ0) is 31.7. The lowest BCUT2D eigenvalue weighted by Gasteiger charge is -2.28. The van der Waals surface area contributed by atoms with E-state index in [2.05, 4.69) is 4.72 Å². The van der Waals surface area contributed by atoms with Crippen LogP contribution in [0.4, 0.5) is 20.2 Å². The Morgan fingerprint density at radius 3 is 2.16 bits per heavy atom. The Labute approximate surface area is 257 Å². The molecule has 7 nitrogen and oxygen atoms in total. The SMILES string of the molecule is CCOC(=O)CCCc1ccc(Oc2ccc(CN(Cc3ccc(F)cc3F)c3cccc(NS(C)(=O)=O)c3C)cc2)cc1. The number of anilines is 2. The third kappa shape index (κ3) is 9.54. The van der Waals surface area contributed by atoms with E-state index in [0.29, 0.717) is 60.0 Å². The predicted molar refractivity (Wildman–Crippen MR) is 168 cm³/mol. The van der Waals surface area contributed by atoms with Gasteiger partial charge in [-0.3, -0.25) is 9.52 Å². The standard InChI is InChI=1S/C34H36F2N2O5S/c1-4-42-34(39)10-5-7-25-11-17-29(18-12-25)43-30-19-13-26(14-20-30)22-38(23-27-15-16-28(35)21-31(27)36)33-9-6-8-32(24(33)2)37-44(3,40)41/h6,8-9,11-21,37H,4-5,7,10,22-23H2,1-3H3. The third-order valence-corrected chi connectivity index (χ3v) is 7.52. The van der Waals surface area contributed by atoms with Gasteiger partial charge in [-0.05, 0) is 85.8 Å². The van der Waals surface area contributed by atoms with Crippen molar-refractivity contribution in [3.8, 4) is 11.5 Å². The normalized spacial score (nSPS) is 11.2. The smallest absolute Gasteiger partial charge is 0.305 e. The summed E-state index contributed by atoms with van der Waals surface area (Å²) in [6.45, 7) is 4.46. The van der Waals surface area contributed by atoms with E-state index in [1.165, 1.54) is 12.1 Å². The molecule has 4 aromatic rings. The van der Waals surface area contributed by atoms with Crippen molar-refractivity contribution in [3.05, 3.63) is 119 Å². The van der Waals surface area contributed by atoms with E-state index >= 15 is 0 Å². The molecule has 1 N–H and O–H groups in total. The highest BCUT2D eigenvalue weighted by Gasteiger charge is 2.17. The Kier molecular flexibility index (Phi) is 10.9. The maximum Gasteiger partial charge on any atom is 0.305 e. The Morgan fingerprint density at radius 1 is 0.886 bits per heavy atom. The van der Waals surface area contributed by atoms with Gasteiger partial charge in [0.05, 0.1) is 18.6 Å². The summed E-state index contributed by atoms with van der Waals surface area (Å²) in [6.07, 6.45) is 2.94. The van der Waals surface area contributed by atoms with Crippen LogP contribution in [0.2, 0.25) is 0 Å². The number of rotatable bonds is 14. The van der Waals surface area contributed by atoms with Crippen molar-refractivity contribution in [2.24, 2.45) is 0 Å². The summed E-state index contributed by atoms with van der Waals surface area (Å²) >= 11 is 0. The van der Waals surface area contributed by atoms with Gasteiger partial charge < -0.3 is 14.4 Å². The van der Waals surface area contributed by atoms with E-state index in [4.69, 9.17) is 9.47 Å². The molecule has 0 atom stereocenters. The Bertz CT molecular complexity index is 1680.